The van der Waals surface area contributed by atoms with Crippen molar-refractivity contribution in [1.29, 1.82) is 0 Å². The maximum atomic E-state index is 5.98. The molecule has 0 fully saturated rings. The number of halogens is 1. The SMILES string of the molecule is CCc1cc(CCl)cc(-n2cnc3c2CCCC3)n1. The third kappa shape index (κ3) is 2.39. The Labute approximate surface area is 118 Å². The molecule has 2 heterocycles. The Hall–Kier alpha value is -1.35. The molecule has 0 saturated carbocycles. The van der Waals surface area contributed by atoms with Crippen molar-refractivity contribution in [1.82, 2.24) is 14.5 Å². The molecule has 100 valence electrons. The summed E-state index contributed by atoms with van der Waals surface area (Å²) in [6.07, 6.45) is 7.53. The van der Waals surface area contributed by atoms with E-state index in [0.29, 0.717) is 5.88 Å². The standard InChI is InChI=1S/C15H18ClN3/c1-2-12-7-11(9-16)8-15(18-12)19-10-17-13-5-3-4-6-14(13)19/h7-8,10H,2-6,9H2,1H3. The van der Waals surface area contributed by atoms with Gasteiger partial charge in [0.25, 0.3) is 0 Å². The molecule has 0 radical (unpaired) electrons. The first-order chi connectivity index (χ1) is 9.31. The molecule has 3 nitrogen and oxygen atoms in total. The van der Waals surface area contributed by atoms with E-state index in [4.69, 9.17) is 16.6 Å². The molecule has 0 bridgehead atoms. The number of aryl methyl sites for hydroxylation is 2. The van der Waals surface area contributed by atoms with E-state index in [1.54, 1.807) is 0 Å². The fourth-order valence-corrected chi connectivity index (χ4v) is 2.84. The minimum atomic E-state index is 0.527. The van der Waals surface area contributed by atoms with Crippen LogP contribution in [-0.2, 0) is 25.1 Å². The molecule has 19 heavy (non-hydrogen) atoms. The van der Waals surface area contributed by atoms with Crippen molar-refractivity contribution in [3.63, 3.8) is 0 Å². The highest BCUT2D eigenvalue weighted by atomic mass is 35.5. The van der Waals surface area contributed by atoms with Gasteiger partial charge in [0.15, 0.2) is 0 Å². The molecule has 4 heteroatoms. The lowest BCUT2D eigenvalue weighted by atomic mass is 10.0. The van der Waals surface area contributed by atoms with E-state index in [1.165, 1.54) is 24.2 Å². The van der Waals surface area contributed by atoms with Crippen molar-refractivity contribution in [2.24, 2.45) is 0 Å². The molecule has 0 aliphatic heterocycles. The van der Waals surface area contributed by atoms with E-state index in [9.17, 15) is 0 Å². The Bertz CT molecular complexity index is 567. The largest absolute Gasteiger partial charge is 0.287 e. The average Bonchev–Trinajstić information content (AvgIpc) is 2.90. The van der Waals surface area contributed by atoms with Gasteiger partial charge in [-0.25, -0.2) is 9.97 Å². The Morgan fingerprint density at radius 1 is 1.26 bits per heavy atom. The van der Waals surface area contributed by atoms with E-state index in [1.807, 2.05) is 6.33 Å². The van der Waals surface area contributed by atoms with Gasteiger partial charge in [-0.2, -0.15) is 0 Å². The maximum absolute atomic E-state index is 5.98. The van der Waals surface area contributed by atoms with Crippen molar-refractivity contribution < 1.29 is 0 Å². The highest BCUT2D eigenvalue weighted by Crippen LogP contribution is 2.23. The van der Waals surface area contributed by atoms with Gasteiger partial charge >= 0.3 is 0 Å². The Morgan fingerprint density at radius 2 is 2.11 bits per heavy atom. The second kappa shape index (κ2) is 5.33. The van der Waals surface area contributed by atoms with E-state index < -0.39 is 0 Å². The van der Waals surface area contributed by atoms with Gasteiger partial charge < -0.3 is 0 Å². The first kappa shape index (κ1) is 12.7. The second-order valence-corrected chi connectivity index (χ2v) is 5.29. The van der Waals surface area contributed by atoms with Crippen molar-refractivity contribution >= 4 is 11.6 Å². The Balaban J connectivity index is 2.08. The zero-order valence-electron chi connectivity index (χ0n) is 11.2. The topological polar surface area (TPSA) is 30.7 Å². The molecule has 2 aromatic rings. The molecule has 1 aliphatic rings. The summed E-state index contributed by atoms with van der Waals surface area (Å²) in [6.45, 7) is 2.12. The Kier molecular flexibility index (Phi) is 3.56. The quantitative estimate of drug-likeness (QED) is 0.804. The molecule has 0 amide bonds. The van der Waals surface area contributed by atoms with Crippen LogP contribution in [0.15, 0.2) is 18.5 Å². The van der Waals surface area contributed by atoms with Crippen LogP contribution >= 0.6 is 11.6 Å². The highest BCUT2D eigenvalue weighted by Gasteiger charge is 2.17. The zero-order valence-corrected chi connectivity index (χ0v) is 12.0. The van der Waals surface area contributed by atoms with Crippen LogP contribution in [0.25, 0.3) is 5.82 Å². The van der Waals surface area contributed by atoms with Gasteiger partial charge in [0.2, 0.25) is 0 Å². The van der Waals surface area contributed by atoms with Gasteiger partial charge in [0.1, 0.15) is 12.1 Å². The Morgan fingerprint density at radius 3 is 2.89 bits per heavy atom. The number of hydrogen-bond acceptors (Lipinski definition) is 2. The van der Waals surface area contributed by atoms with Gasteiger partial charge in [0.05, 0.1) is 5.69 Å². The summed E-state index contributed by atoms with van der Waals surface area (Å²) in [5, 5.41) is 0. The number of pyridine rings is 1. The fraction of sp³-hybridized carbons (Fsp3) is 0.467. The molecule has 3 rings (SSSR count). The lowest BCUT2D eigenvalue weighted by molar-refractivity contribution is 0.653. The number of imidazole rings is 1. The third-order valence-electron chi connectivity index (χ3n) is 3.72. The lowest BCUT2D eigenvalue weighted by Crippen LogP contribution is -2.09. The summed E-state index contributed by atoms with van der Waals surface area (Å²) in [5.74, 6) is 1.49. The van der Waals surface area contributed by atoms with Crippen molar-refractivity contribution in [2.75, 3.05) is 0 Å². The molecule has 0 unspecified atom stereocenters. The third-order valence-corrected chi connectivity index (χ3v) is 4.03. The molecule has 2 aromatic heterocycles. The molecule has 0 spiro atoms. The fourth-order valence-electron chi connectivity index (χ4n) is 2.68. The summed E-state index contributed by atoms with van der Waals surface area (Å²) < 4.78 is 2.14. The minimum absolute atomic E-state index is 0.527. The second-order valence-electron chi connectivity index (χ2n) is 5.03. The first-order valence-electron chi connectivity index (χ1n) is 6.93. The van der Waals surface area contributed by atoms with E-state index in [2.05, 4.69) is 28.6 Å². The molecule has 0 N–H and O–H groups in total. The molecule has 0 aromatic carbocycles. The van der Waals surface area contributed by atoms with Gasteiger partial charge in [-0.15, -0.1) is 11.6 Å². The van der Waals surface area contributed by atoms with E-state index >= 15 is 0 Å². The molecule has 0 saturated heterocycles. The van der Waals surface area contributed by atoms with Crippen LogP contribution in [0.2, 0.25) is 0 Å². The van der Waals surface area contributed by atoms with Crippen molar-refractivity contribution in [2.45, 2.75) is 44.9 Å². The number of aromatic nitrogens is 3. The lowest BCUT2D eigenvalue weighted by Gasteiger charge is -2.14. The van der Waals surface area contributed by atoms with Crippen LogP contribution in [-0.4, -0.2) is 14.5 Å². The molecule has 0 atom stereocenters. The van der Waals surface area contributed by atoms with E-state index in [-0.39, 0.29) is 0 Å². The van der Waals surface area contributed by atoms with Crippen molar-refractivity contribution in [3.8, 4) is 5.82 Å². The number of alkyl halides is 1. The first-order valence-corrected chi connectivity index (χ1v) is 7.46. The van der Waals surface area contributed by atoms with Crippen molar-refractivity contribution in [3.05, 3.63) is 41.1 Å². The zero-order chi connectivity index (χ0) is 13.2. The number of rotatable bonds is 3. The van der Waals surface area contributed by atoms with Crippen LogP contribution in [0, 0.1) is 0 Å². The summed E-state index contributed by atoms with van der Waals surface area (Å²) >= 11 is 5.98. The van der Waals surface area contributed by atoms with Crippen LogP contribution in [0.4, 0.5) is 0 Å². The normalized spacial score (nSPS) is 14.4. The predicted molar refractivity (Wildman–Crippen MR) is 76.9 cm³/mol. The van der Waals surface area contributed by atoms with E-state index in [0.717, 1.165) is 36.3 Å². The average molecular weight is 276 g/mol. The maximum Gasteiger partial charge on any atom is 0.138 e. The number of fused-ring (bicyclic) bond motifs is 1. The molecule has 1 aliphatic carbocycles. The summed E-state index contributed by atoms with van der Waals surface area (Å²) in [6, 6.07) is 4.16. The minimum Gasteiger partial charge on any atom is -0.287 e. The van der Waals surface area contributed by atoms with Crippen LogP contribution < -0.4 is 0 Å². The van der Waals surface area contributed by atoms with Crippen LogP contribution in [0.5, 0.6) is 0 Å². The summed E-state index contributed by atoms with van der Waals surface area (Å²) in [7, 11) is 0. The van der Waals surface area contributed by atoms with Gasteiger partial charge in [-0.05, 0) is 49.8 Å². The van der Waals surface area contributed by atoms with Gasteiger partial charge in [-0.3, -0.25) is 4.57 Å². The highest BCUT2D eigenvalue weighted by molar-refractivity contribution is 6.17. The van der Waals surface area contributed by atoms with Crippen LogP contribution in [0.3, 0.4) is 0 Å². The summed E-state index contributed by atoms with van der Waals surface area (Å²) in [4.78, 5) is 9.25. The number of nitrogens with zero attached hydrogens (tertiary/aromatic N) is 3. The van der Waals surface area contributed by atoms with Gasteiger partial charge in [0, 0.05) is 17.3 Å². The molecular formula is C15H18ClN3. The smallest absolute Gasteiger partial charge is 0.138 e. The van der Waals surface area contributed by atoms with Crippen LogP contribution in [0.1, 0.15) is 42.4 Å². The summed E-state index contributed by atoms with van der Waals surface area (Å²) in [5.41, 5.74) is 4.78. The van der Waals surface area contributed by atoms with Gasteiger partial charge in [-0.1, -0.05) is 6.92 Å². The predicted octanol–water partition coefficient (Wildman–Crippen LogP) is 3.45. The monoisotopic (exact) mass is 275 g/mol. The molecular weight excluding hydrogens is 258 g/mol. The number of hydrogen-bond donors (Lipinski definition) is 0.